The van der Waals surface area contributed by atoms with Crippen LogP contribution in [-0.4, -0.2) is 36.4 Å². The first-order valence-electron chi connectivity index (χ1n) is 12.4. The van der Waals surface area contributed by atoms with Gasteiger partial charge in [0.05, 0.1) is 0 Å². The summed E-state index contributed by atoms with van der Waals surface area (Å²) < 4.78 is 12.0. The third-order valence-electron chi connectivity index (χ3n) is 6.58. The van der Waals surface area contributed by atoms with E-state index in [1.54, 1.807) is 7.11 Å². The quantitative estimate of drug-likeness (QED) is 0.214. The van der Waals surface area contributed by atoms with Crippen LogP contribution in [0.3, 0.4) is 0 Å². The van der Waals surface area contributed by atoms with Crippen molar-refractivity contribution in [2.24, 2.45) is 0 Å². The molecular formula is C27H38N2O2SSn. The average Bonchev–Trinajstić information content (AvgIpc) is 3.25. The van der Waals surface area contributed by atoms with Gasteiger partial charge < -0.3 is 0 Å². The van der Waals surface area contributed by atoms with Crippen LogP contribution in [0.5, 0.6) is 5.75 Å². The molecule has 3 rings (SSSR count). The van der Waals surface area contributed by atoms with Crippen molar-refractivity contribution in [3.05, 3.63) is 48.0 Å². The summed E-state index contributed by atoms with van der Waals surface area (Å²) in [6, 6.07) is 14.4. The third-order valence-corrected chi connectivity index (χ3v) is 23.1. The van der Waals surface area contributed by atoms with E-state index in [4.69, 9.17) is 4.74 Å². The monoisotopic (exact) mass is 574 g/mol. The number of hydrogen-bond acceptors (Lipinski definition) is 4. The number of carbonyl (C=O) groups excluding carboxylic acids is 1. The van der Waals surface area contributed by atoms with Crippen LogP contribution in [-0.2, 0) is 0 Å². The molecule has 178 valence electrons. The van der Waals surface area contributed by atoms with Crippen molar-refractivity contribution in [1.82, 2.24) is 4.98 Å². The Morgan fingerprint density at radius 3 is 2.24 bits per heavy atom. The van der Waals surface area contributed by atoms with E-state index in [9.17, 15) is 4.79 Å². The minimum atomic E-state index is -2.57. The first-order valence-corrected chi connectivity index (χ1v) is 20.7. The molecule has 1 aromatic heterocycles. The van der Waals surface area contributed by atoms with Crippen molar-refractivity contribution in [3.8, 4) is 5.75 Å². The Kier molecular flexibility index (Phi) is 10.0. The van der Waals surface area contributed by atoms with Gasteiger partial charge in [-0.15, -0.1) is 0 Å². The normalized spacial score (nSPS) is 11.6. The molecule has 1 amide bonds. The zero-order valence-corrected chi connectivity index (χ0v) is 24.2. The van der Waals surface area contributed by atoms with Crippen molar-refractivity contribution in [1.29, 1.82) is 0 Å². The first kappa shape index (κ1) is 26.0. The number of ether oxygens (including phenoxy) is 1. The summed E-state index contributed by atoms with van der Waals surface area (Å²) in [7, 11) is 1.66. The summed E-state index contributed by atoms with van der Waals surface area (Å²) in [5.74, 6) is 0.733. The summed E-state index contributed by atoms with van der Waals surface area (Å²) in [5, 5.41) is 3.68. The summed E-state index contributed by atoms with van der Waals surface area (Å²) in [4.78, 5) is 17.8. The Bertz CT molecular complexity index is 1030. The van der Waals surface area contributed by atoms with E-state index in [1.807, 2.05) is 24.3 Å². The third kappa shape index (κ3) is 6.72. The number of fused-ring (bicyclic) bond motifs is 1. The Labute approximate surface area is 207 Å². The van der Waals surface area contributed by atoms with Gasteiger partial charge in [0.25, 0.3) is 0 Å². The predicted molar refractivity (Wildman–Crippen MR) is 145 cm³/mol. The van der Waals surface area contributed by atoms with E-state index in [0.29, 0.717) is 5.13 Å². The van der Waals surface area contributed by atoms with Crippen LogP contribution in [0.1, 0.15) is 69.7 Å². The fraction of sp³-hybridized carbons (Fsp3) is 0.481. The van der Waals surface area contributed by atoms with Gasteiger partial charge >= 0.3 is 208 Å². The standard InChI is InChI=1S/C15H11N2O2S.3C4H9.Sn/c1-19-11-7-8-12-13(9-11)20-15(16-12)17-14(18)10-5-3-2-4-6-10;3*1-3-4-2;/h2-3,5-9H,1H3,(H,16,17,18);3*1,3-4H2,2H3;. The summed E-state index contributed by atoms with van der Waals surface area (Å²) in [6.45, 7) is 6.90. The average molecular weight is 573 g/mol. The molecule has 0 aliphatic heterocycles. The number of thiazole rings is 1. The number of amides is 1. The molecular weight excluding hydrogens is 535 g/mol. The van der Waals surface area contributed by atoms with Crippen molar-refractivity contribution >= 4 is 54.5 Å². The number of carbonyl (C=O) groups is 1. The molecule has 1 heterocycles. The number of benzene rings is 2. The molecule has 2 aromatic carbocycles. The van der Waals surface area contributed by atoms with Gasteiger partial charge in [0.15, 0.2) is 0 Å². The second kappa shape index (κ2) is 12.7. The van der Waals surface area contributed by atoms with Gasteiger partial charge in [-0.25, -0.2) is 0 Å². The SMILES string of the molecule is CCC[CH2][Sn]([CH2]CCC)([CH2]CCC)[c]1cccc(C(=O)Nc2nc3ccc(OC)cc3s2)c1. The van der Waals surface area contributed by atoms with Crippen molar-refractivity contribution in [2.45, 2.75) is 72.6 Å². The molecule has 0 unspecified atom stereocenters. The Hall–Kier alpha value is -1.60. The van der Waals surface area contributed by atoms with Crippen molar-refractivity contribution in [3.63, 3.8) is 0 Å². The fourth-order valence-corrected chi connectivity index (χ4v) is 21.5. The molecule has 0 atom stereocenters. The van der Waals surface area contributed by atoms with Gasteiger partial charge in [0, 0.05) is 0 Å². The first-order chi connectivity index (χ1) is 16.0. The van der Waals surface area contributed by atoms with Crippen LogP contribution in [0.2, 0.25) is 13.3 Å². The van der Waals surface area contributed by atoms with Crippen LogP contribution in [0.15, 0.2) is 42.5 Å². The summed E-state index contributed by atoms with van der Waals surface area (Å²) in [5.41, 5.74) is 1.63. The maximum atomic E-state index is 13.2. The van der Waals surface area contributed by atoms with Gasteiger partial charge in [-0.3, -0.25) is 0 Å². The van der Waals surface area contributed by atoms with Gasteiger partial charge in [-0.1, -0.05) is 0 Å². The van der Waals surface area contributed by atoms with E-state index in [-0.39, 0.29) is 5.91 Å². The zero-order chi connectivity index (χ0) is 23.7. The molecule has 0 saturated carbocycles. The molecule has 3 aromatic rings. The Morgan fingerprint density at radius 2 is 1.64 bits per heavy atom. The molecule has 0 bridgehead atoms. The van der Waals surface area contributed by atoms with Crippen LogP contribution in [0, 0.1) is 0 Å². The zero-order valence-electron chi connectivity index (χ0n) is 20.6. The van der Waals surface area contributed by atoms with Gasteiger partial charge in [0.2, 0.25) is 0 Å². The van der Waals surface area contributed by atoms with Gasteiger partial charge in [0.1, 0.15) is 0 Å². The van der Waals surface area contributed by atoms with E-state index < -0.39 is 18.4 Å². The second-order valence-corrected chi connectivity index (χ2v) is 23.2. The van der Waals surface area contributed by atoms with E-state index >= 15 is 0 Å². The molecule has 0 spiro atoms. The molecule has 1 N–H and O–H groups in total. The molecule has 6 heteroatoms. The Morgan fingerprint density at radius 1 is 0.970 bits per heavy atom. The van der Waals surface area contributed by atoms with E-state index in [0.717, 1.165) is 21.5 Å². The summed E-state index contributed by atoms with van der Waals surface area (Å²) >= 11 is -1.09. The minimum absolute atomic E-state index is 0.0652. The molecule has 4 nitrogen and oxygen atoms in total. The topological polar surface area (TPSA) is 51.2 Å². The van der Waals surface area contributed by atoms with Crippen LogP contribution in [0.25, 0.3) is 10.2 Å². The van der Waals surface area contributed by atoms with Gasteiger partial charge in [-0.05, 0) is 0 Å². The van der Waals surface area contributed by atoms with Crippen molar-refractivity contribution < 1.29 is 9.53 Å². The second-order valence-electron chi connectivity index (χ2n) is 8.98. The molecule has 0 aliphatic carbocycles. The number of aromatic nitrogens is 1. The number of nitrogens with zero attached hydrogens (tertiary/aromatic N) is 1. The number of unbranched alkanes of at least 4 members (excludes halogenated alkanes) is 3. The molecule has 33 heavy (non-hydrogen) atoms. The number of anilines is 1. The van der Waals surface area contributed by atoms with E-state index in [2.05, 4.69) is 49.3 Å². The Balaban J connectivity index is 1.86. The van der Waals surface area contributed by atoms with Gasteiger partial charge in [-0.2, -0.15) is 0 Å². The molecule has 0 aliphatic rings. The van der Waals surface area contributed by atoms with Crippen molar-refractivity contribution in [2.75, 3.05) is 12.4 Å². The molecule has 0 radical (unpaired) electrons. The number of methoxy groups -OCH3 is 1. The van der Waals surface area contributed by atoms with E-state index in [1.165, 1.54) is 66.8 Å². The number of hydrogen-bond donors (Lipinski definition) is 1. The predicted octanol–water partition coefficient (Wildman–Crippen LogP) is 7.61. The maximum absolute atomic E-state index is 13.2. The van der Waals surface area contributed by atoms with Crippen LogP contribution >= 0.6 is 11.3 Å². The number of nitrogens with one attached hydrogen (secondary N) is 1. The van der Waals surface area contributed by atoms with Crippen LogP contribution < -0.4 is 13.6 Å². The van der Waals surface area contributed by atoms with Crippen LogP contribution in [0.4, 0.5) is 5.13 Å². The summed E-state index contributed by atoms with van der Waals surface area (Å²) in [6.07, 6.45) is 7.69. The number of rotatable bonds is 13. The molecule has 0 saturated heterocycles. The fourth-order valence-electron chi connectivity index (χ4n) is 4.60. The molecule has 0 fully saturated rings.